The van der Waals surface area contributed by atoms with Crippen molar-refractivity contribution in [1.29, 1.82) is 0 Å². The SMILES string of the molecule is CC(NC(=O)c1ccccn1)c1c(CCCC(F)(F)F)cccc1CCCC(F)(F)F. The zero-order chi connectivity index (χ0) is 23.1. The number of aromatic nitrogens is 1. The first-order valence-corrected chi connectivity index (χ1v) is 9.92. The number of rotatable bonds is 9. The first-order valence-electron chi connectivity index (χ1n) is 9.92. The molecule has 2 rings (SSSR count). The second-order valence-corrected chi connectivity index (χ2v) is 7.34. The van der Waals surface area contributed by atoms with Crippen molar-refractivity contribution in [1.82, 2.24) is 10.3 Å². The first kappa shape index (κ1) is 24.7. The van der Waals surface area contributed by atoms with Crippen LogP contribution < -0.4 is 5.32 Å². The molecule has 0 aliphatic heterocycles. The fourth-order valence-electron chi connectivity index (χ4n) is 3.46. The Kier molecular flexibility index (Phi) is 8.47. The average Bonchev–Trinajstić information content (AvgIpc) is 2.66. The number of hydrogen-bond donors (Lipinski definition) is 1. The second kappa shape index (κ2) is 10.6. The fourth-order valence-corrected chi connectivity index (χ4v) is 3.46. The van der Waals surface area contributed by atoms with E-state index in [9.17, 15) is 31.1 Å². The molecule has 1 aromatic heterocycles. The van der Waals surface area contributed by atoms with E-state index in [0.717, 1.165) is 0 Å². The van der Waals surface area contributed by atoms with Crippen LogP contribution in [0.3, 0.4) is 0 Å². The Morgan fingerprint density at radius 1 is 0.903 bits per heavy atom. The molecule has 1 heterocycles. The van der Waals surface area contributed by atoms with Gasteiger partial charge in [0.1, 0.15) is 5.69 Å². The van der Waals surface area contributed by atoms with Crippen LogP contribution in [-0.4, -0.2) is 23.2 Å². The summed E-state index contributed by atoms with van der Waals surface area (Å²) in [6.45, 7) is 1.66. The monoisotopic (exact) mass is 446 g/mol. The molecule has 0 bridgehead atoms. The van der Waals surface area contributed by atoms with E-state index in [1.165, 1.54) is 12.3 Å². The highest BCUT2D eigenvalue weighted by molar-refractivity contribution is 5.92. The summed E-state index contributed by atoms with van der Waals surface area (Å²) in [5.41, 5.74) is 1.91. The van der Waals surface area contributed by atoms with E-state index in [0.29, 0.717) is 16.7 Å². The largest absolute Gasteiger partial charge is 0.389 e. The van der Waals surface area contributed by atoms with E-state index in [2.05, 4.69) is 10.3 Å². The van der Waals surface area contributed by atoms with Gasteiger partial charge in [-0.25, -0.2) is 0 Å². The van der Waals surface area contributed by atoms with Gasteiger partial charge in [0, 0.05) is 19.0 Å². The molecule has 31 heavy (non-hydrogen) atoms. The summed E-state index contributed by atoms with van der Waals surface area (Å²) in [4.78, 5) is 16.4. The minimum Gasteiger partial charge on any atom is -0.344 e. The van der Waals surface area contributed by atoms with Gasteiger partial charge in [0.2, 0.25) is 0 Å². The van der Waals surface area contributed by atoms with Crippen LogP contribution in [0.15, 0.2) is 42.6 Å². The number of carbonyl (C=O) groups is 1. The standard InChI is InChI=1S/C22H24F6N2O/c1-15(30-20(31)18-11-2-3-14-29-18)19-16(9-5-12-21(23,24)25)7-4-8-17(19)10-6-13-22(26,27)28/h2-4,7-8,11,14-15H,5-6,9-10,12-13H2,1H3,(H,30,31). The van der Waals surface area contributed by atoms with Gasteiger partial charge in [-0.15, -0.1) is 0 Å². The summed E-state index contributed by atoms with van der Waals surface area (Å²) in [5.74, 6) is -0.473. The van der Waals surface area contributed by atoms with Crippen LogP contribution in [0.2, 0.25) is 0 Å². The van der Waals surface area contributed by atoms with Crippen molar-refractivity contribution in [3.05, 3.63) is 65.0 Å². The van der Waals surface area contributed by atoms with Crippen molar-refractivity contribution in [2.45, 2.75) is 63.8 Å². The molecule has 1 atom stereocenters. The summed E-state index contributed by atoms with van der Waals surface area (Å²) in [6, 6.07) is 9.13. The molecule has 9 heteroatoms. The number of halogens is 6. The van der Waals surface area contributed by atoms with Crippen LogP contribution in [0.5, 0.6) is 0 Å². The third-order valence-electron chi connectivity index (χ3n) is 4.78. The lowest BCUT2D eigenvalue weighted by atomic mass is 9.90. The van der Waals surface area contributed by atoms with Crippen LogP contribution in [-0.2, 0) is 12.8 Å². The van der Waals surface area contributed by atoms with Crippen LogP contribution >= 0.6 is 0 Å². The van der Waals surface area contributed by atoms with E-state index in [1.54, 1.807) is 37.3 Å². The number of alkyl halides is 6. The predicted molar refractivity (Wildman–Crippen MR) is 105 cm³/mol. The average molecular weight is 446 g/mol. The molecule has 1 N–H and O–H groups in total. The number of nitrogens with one attached hydrogen (secondary N) is 1. The third kappa shape index (κ3) is 8.59. The number of benzene rings is 1. The molecule has 1 aromatic carbocycles. The molecule has 3 nitrogen and oxygen atoms in total. The molecule has 0 saturated carbocycles. The van der Waals surface area contributed by atoms with E-state index in [4.69, 9.17) is 0 Å². The Morgan fingerprint density at radius 2 is 1.45 bits per heavy atom. The lowest BCUT2D eigenvalue weighted by Crippen LogP contribution is -2.29. The Hall–Kier alpha value is -2.58. The molecular formula is C22H24F6N2O. The topological polar surface area (TPSA) is 42.0 Å². The second-order valence-electron chi connectivity index (χ2n) is 7.34. The zero-order valence-electron chi connectivity index (χ0n) is 17.0. The maximum Gasteiger partial charge on any atom is 0.389 e. The molecular weight excluding hydrogens is 422 g/mol. The van der Waals surface area contributed by atoms with Gasteiger partial charge in [0.05, 0.1) is 6.04 Å². The van der Waals surface area contributed by atoms with Gasteiger partial charge in [0.25, 0.3) is 5.91 Å². The van der Waals surface area contributed by atoms with Gasteiger partial charge < -0.3 is 5.32 Å². The minimum atomic E-state index is -4.29. The van der Waals surface area contributed by atoms with Crippen molar-refractivity contribution in [2.24, 2.45) is 0 Å². The van der Waals surface area contributed by atoms with Crippen molar-refractivity contribution < 1.29 is 31.1 Å². The van der Waals surface area contributed by atoms with Crippen LogP contribution in [0.1, 0.15) is 65.8 Å². The number of amides is 1. The third-order valence-corrected chi connectivity index (χ3v) is 4.78. The van der Waals surface area contributed by atoms with Gasteiger partial charge in [-0.3, -0.25) is 9.78 Å². The molecule has 0 spiro atoms. The Bertz CT molecular complexity index is 811. The van der Waals surface area contributed by atoms with Crippen LogP contribution in [0.25, 0.3) is 0 Å². The smallest absolute Gasteiger partial charge is 0.344 e. The maximum absolute atomic E-state index is 12.6. The molecule has 2 aromatic rings. The normalized spacial score (nSPS) is 13.1. The van der Waals surface area contributed by atoms with Crippen molar-refractivity contribution in [3.8, 4) is 0 Å². The van der Waals surface area contributed by atoms with E-state index >= 15 is 0 Å². The van der Waals surface area contributed by atoms with Crippen molar-refractivity contribution >= 4 is 5.91 Å². The predicted octanol–water partition coefficient (Wildman–Crippen LogP) is 6.34. The van der Waals surface area contributed by atoms with Gasteiger partial charge in [-0.1, -0.05) is 24.3 Å². The van der Waals surface area contributed by atoms with Gasteiger partial charge >= 0.3 is 12.4 Å². The first-order chi connectivity index (χ1) is 14.5. The van der Waals surface area contributed by atoms with Crippen molar-refractivity contribution in [2.75, 3.05) is 0 Å². The summed E-state index contributed by atoms with van der Waals surface area (Å²) < 4.78 is 75.4. The van der Waals surface area contributed by atoms with Crippen LogP contribution in [0, 0.1) is 0 Å². The highest BCUT2D eigenvalue weighted by atomic mass is 19.4. The number of hydrogen-bond acceptors (Lipinski definition) is 2. The maximum atomic E-state index is 12.6. The van der Waals surface area contributed by atoms with E-state index in [-0.39, 0.29) is 31.4 Å². The highest BCUT2D eigenvalue weighted by Crippen LogP contribution is 2.29. The summed E-state index contributed by atoms with van der Waals surface area (Å²) in [6.07, 6.45) is -9.14. The van der Waals surface area contributed by atoms with E-state index in [1.807, 2.05) is 0 Å². The number of aryl methyl sites for hydroxylation is 2. The van der Waals surface area contributed by atoms with Crippen LogP contribution in [0.4, 0.5) is 26.3 Å². The Labute approximate surface area is 176 Å². The summed E-state index contributed by atoms with van der Waals surface area (Å²) >= 11 is 0. The molecule has 1 unspecified atom stereocenters. The van der Waals surface area contributed by atoms with Crippen molar-refractivity contribution in [3.63, 3.8) is 0 Å². The molecule has 0 saturated heterocycles. The molecule has 0 aliphatic rings. The molecule has 0 aliphatic carbocycles. The Balaban J connectivity index is 2.24. The molecule has 170 valence electrons. The lowest BCUT2D eigenvalue weighted by molar-refractivity contribution is -0.136. The summed E-state index contributed by atoms with van der Waals surface area (Å²) in [7, 11) is 0. The highest BCUT2D eigenvalue weighted by Gasteiger charge is 2.28. The van der Waals surface area contributed by atoms with E-state index < -0.39 is 37.1 Å². The number of carbonyl (C=O) groups excluding carboxylic acids is 1. The number of pyridine rings is 1. The van der Waals surface area contributed by atoms with Gasteiger partial charge in [-0.2, -0.15) is 26.3 Å². The molecule has 1 amide bonds. The van der Waals surface area contributed by atoms with Gasteiger partial charge in [-0.05, 0) is 61.4 Å². The molecule has 0 fully saturated rings. The lowest BCUT2D eigenvalue weighted by Gasteiger charge is -2.22. The molecule has 0 radical (unpaired) electrons. The minimum absolute atomic E-state index is 0.103. The quantitative estimate of drug-likeness (QED) is 0.457. The fraction of sp³-hybridized carbons (Fsp3) is 0.455. The number of nitrogens with zero attached hydrogens (tertiary/aromatic N) is 1. The van der Waals surface area contributed by atoms with Gasteiger partial charge in [0.15, 0.2) is 0 Å². The zero-order valence-corrected chi connectivity index (χ0v) is 17.0. The summed E-state index contributed by atoms with van der Waals surface area (Å²) in [5, 5.41) is 2.76. The Morgan fingerprint density at radius 3 is 1.90 bits per heavy atom.